The van der Waals surface area contributed by atoms with Crippen LogP contribution in [0.5, 0.6) is 5.75 Å². The first-order valence-electron chi connectivity index (χ1n) is 9.43. The Bertz CT molecular complexity index is 1040. The van der Waals surface area contributed by atoms with Crippen molar-refractivity contribution in [3.63, 3.8) is 0 Å². The normalized spacial score (nSPS) is 15.3. The minimum absolute atomic E-state index is 0.0886. The molecule has 3 rings (SSSR count). The molecule has 1 aliphatic rings. The monoisotopic (exact) mass is 479 g/mol. The molecule has 0 saturated carbocycles. The van der Waals surface area contributed by atoms with Crippen molar-refractivity contribution < 1.29 is 28.7 Å². The van der Waals surface area contributed by atoms with Gasteiger partial charge in [-0.05, 0) is 42.5 Å². The molecule has 2 N–H and O–H groups in total. The van der Waals surface area contributed by atoms with E-state index in [2.05, 4.69) is 10.7 Å². The highest BCUT2D eigenvalue weighted by atomic mass is 35.5. The summed E-state index contributed by atoms with van der Waals surface area (Å²) in [6, 6.07) is 10.9. The first kappa shape index (κ1) is 23.4. The lowest BCUT2D eigenvalue weighted by atomic mass is 10.1. The number of nitrogens with zero attached hydrogens (tertiary/aromatic N) is 1. The van der Waals surface area contributed by atoms with Gasteiger partial charge in [-0.3, -0.25) is 29.6 Å². The summed E-state index contributed by atoms with van der Waals surface area (Å²) < 4.78 is 10.1. The Kier molecular flexibility index (Phi) is 7.55. The number of methoxy groups -OCH3 is 1. The molecule has 0 radical (unpaired) electrons. The number of amides is 3. The Morgan fingerprint density at radius 1 is 1.12 bits per heavy atom. The van der Waals surface area contributed by atoms with Crippen molar-refractivity contribution in [1.82, 2.24) is 10.4 Å². The van der Waals surface area contributed by atoms with Crippen LogP contribution in [0.2, 0.25) is 10.0 Å². The summed E-state index contributed by atoms with van der Waals surface area (Å²) in [6.45, 7) is -0.600. The zero-order valence-corrected chi connectivity index (χ0v) is 18.4. The van der Waals surface area contributed by atoms with Crippen LogP contribution in [-0.2, 0) is 19.1 Å². The van der Waals surface area contributed by atoms with E-state index in [1.54, 1.807) is 24.3 Å². The van der Waals surface area contributed by atoms with Crippen molar-refractivity contribution in [2.45, 2.75) is 6.42 Å². The molecule has 1 fully saturated rings. The third kappa shape index (κ3) is 5.89. The molecule has 0 bridgehead atoms. The van der Waals surface area contributed by atoms with Crippen molar-refractivity contribution in [1.29, 1.82) is 0 Å². The molecule has 1 atom stereocenters. The van der Waals surface area contributed by atoms with Crippen LogP contribution in [0.4, 0.5) is 5.69 Å². The smallest absolute Gasteiger partial charge is 0.311 e. The largest absolute Gasteiger partial charge is 0.497 e. The Hall–Kier alpha value is -3.30. The lowest BCUT2D eigenvalue weighted by Crippen LogP contribution is -2.43. The minimum Gasteiger partial charge on any atom is -0.497 e. The van der Waals surface area contributed by atoms with Crippen LogP contribution < -0.4 is 15.5 Å². The Labute approximate surface area is 193 Å². The highest BCUT2D eigenvalue weighted by Crippen LogP contribution is 2.22. The highest BCUT2D eigenvalue weighted by molar-refractivity contribution is 6.36. The second-order valence-corrected chi connectivity index (χ2v) is 7.70. The van der Waals surface area contributed by atoms with Gasteiger partial charge in [0.25, 0.3) is 11.8 Å². The van der Waals surface area contributed by atoms with Crippen LogP contribution in [-0.4, -0.2) is 49.0 Å². The molecule has 0 spiro atoms. The molecular formula is C21H19Cl2N3O6. The number of benzene rings is 2. The molecule has 2 aromatic carbocycles. The number of hydrogen-bond donors (Lipinski definition) is 2. The number of nitrogens with one attached hydrogen (secondary N) is 2. The molecule has 1 aliphatic heterocycles. The molecule has 0 unspecified atom stereocenters. The van der Waals surface area contributed by atoms with Crippen LogP contribution in [0, 0.1) is 5.92 Å². The highest BCUT2D eigenvalue weighted by Gasteiger charge is 2.37. The number of halogens is 2. The molecule has 32 heavy (non-hydrogen) atoms. The molecule has 168 valence electrons. The van der Waals surface area contributed by atoms with Crippen molar-refractivity contribution in [3.8, 4) is 5.75 Å². The maximum atomic E-state index is 12.4. The van der Waals surface area contributed by atoms with Gasteiger partial charge < -0.3 is 14.8 Å². The van der Waals surface area contributed by atoms with Gasteiger partial charge in [0, 0.05) is 17.1 Å². The summed E-state index contributed by atoms with van der Waals surface area (Å²) >= 11 is 11.8. The van der Waals surface area contributed by atoms with Crippen LogP contribution >= 0.6 is 23.2 Å². The van der Waals surface area contributed by atoms with Crippen LogP contribution in [0.3, 0.4) is 0 Å². The lowest BCUT2D eigenvalue weighted by Gasteiger charge is -2.18. The fourth-order valence-corrected chi connectivity index (χ4v) is 3.45. The Balaban J connectivity index is 1.48. The second-order valence-electron chi connectivity index (χ2n) is 6.85. The standard InChI is InChI=1S/C21H19Cl2N3O6/c1-31-15-5-3-14(4-6-15)24-18(27)11-32-21(30)12-8-19(28)26(10-12)25-20(29)16-7-2-13(22)9-17(16)23/h2-7,9,12H,8,10-11H2,1H3,(H,24,27)(H,25,29)/t12-/m1/s1. The number of anilines is 1. The van der Waals surface area contributed by atoms with Gasteiger partial charge in [-0.15, -0.1) is 0 Å². The number of esters is 1. The first-order chi connectivity index (χ1) is 15.3. The number of carbonyl (C=O) groups excluding carboxylic acids is 4. The summed E-state index contributed by atoms with van der Waals surface area (Å²) in [5, 5.41) is 4.10. The van der Waals surface area contributed by atoms with Gasteiger partial charge in [0.1, 0.15) is 5.75 Å². The summed E-state index contributed by atoms with van der Waals surface area (Å²) in [7, 11) is 1.53. The number of carbonyl (C=O) groups is 4. The predicted molar refractivity (Wildman–Crippen MR) is 116 cm³/mol. The second kappa shape index (κ2) is 10.3. The van der Waals surface area contributed by atoms with E-state index >= 15 is 0 Å². The van der Waals surface area contributed by atoms with Gasteiger partial charge in [0.2, 0.25) is 5.91 Å². The third-order valence-corrected chi connectivity index (χ3v) is 5.14. The maximum absolute atomic E-state index is 12.4. The number of ether oxygens (including phenoxy) is 2. The topological polar surface area (TPSA) is 114 Å². The van der Waals surface area contributed by atoms with Gasteiger partial charge in [-0.1, -0.05) is 23.2 Å². The number of hydrogen-bond acceptors (Lipinski definition) is 6. The molecule has 11 heteroatoms. The Morgan fingerprint density at radius 3 is 2.50 bits per heavy atom. The molecule has 9 nitrogen and oxygen atoms in total. The molecular weight excluding hydrogens is 461 g/mol. The molecule has 1 saturated heterocycles. The summed E-state index contributed by atoms with van der Waals surface area (Å²) in [4.78, 5) is 48.8. The van der Waals surface area contributed by atoms with Crippen molar-refractivity contribution >= 4 is 52.6 Å². The maximum Gasteiger partial charge on any atom is 0.311 e. The summed E-state index contributed by atoms with van der Waals surface area (Å²) in [5.74, 6) is -2.52. The Morgan fingerprint density at radius 2 is 1.84 bits per heavy atom. The van der Waals surface area contributed by atoms with Gasteiger partial charge in [0.05, 0.1) is 30.2 Å². The zero-order chi connectivity index (χ0) is 23.3. The third-order valence-electron chi connectivity index (χ3n) is 4.59. The van der Waals surface area contributed by atoms with E-state index in [0.29, 0.717) is 16.5 Å². The zero-order valence-electron chi connectivity index (χ0n) is 16.9. The fraction of sp³-hybridized carbons (Fsp3) is 0.238. The van der Waals surface area contributed by atoms with E-state index in [1.165, 1.54) is 25.3 Å². The van der Waals surface area contributed by atoms with E-state index in [9.17, 15) is 19.2 Å². The van der Waals surface area contributed by atoms with Crippen molar-refractivity contribution in [2.75, 3.05) is 25.6 Å². The van der Waals surface area contributed by atoms with Crippen LogP contribution in [0.15, 0.2) is 42.5 Å². The average molecular weight is 480 g/mol. The van der Waals surface area contributed by atoms with Gasteiger partial charge >= 0.3 is 5.97 Å². The average Bonchev–Trinajstić information content (AvgIpc) is 3.12. The van der Waals surface area contributed by atoms with E-state index < -0.39 is 36.2 Å². The molecule has 3 amide bonds. The first-order valence-corrected chi connectivity index (χ1v) is 10.2. The van der Waals surface area contributed by atoms with Crippen LogP contribution in [0.1, 0.15) is 16.8 Å². The molecule has 1 heterocycles. The van der Waals surface area contributed by atoms with Gasteiger partial charge in [-0.25, -0.2) is 0 Å². The lowest BCUT2D eigenvalue weighted by molar-refractivity contribution is -0.151. The molecule has 2 aromatic rings. The molecule has 0 aliphatic carbocycles. The quantitative estimate of drug-likeness (QED) is 0.590. The van der Waals surface area contributed by atoms with E-state index in [-0.39, 0.29) is 23.6 Å². The van der Waals surface area contributed by atoms with E-state index in [4.69, 9.17) is 32.7 Å². The summed E-state index contributed by atoms with van der Waals surface area (Å²) in [5.41, 5.74) is 3.06. The van der Waals surface area contributed by atoms with Gasteiger partial charge in [0.15, 0.2) is 6.61 Å². The number of rotatable bonds is 7. The SMILES string of the molecule is COc1ccc(NC(=O)COC(=O)[C@@H]2CC(=O)N(NC(=O)c3ccc(Cl)cc3Cl)C2)cc1. The molecule has 0 aromatic heterocycles. The summed E-state index contributed by atoms with van der Waals surface area (Å²) in [6.07, 6.45) is -0.159. The fourth-order valence-electron chi connectivity index (χ4n) is 2.96. The van der Waals surface area contributed by atoms with Gasteiger partial charge in [-0.2, -0.15) is 0 Å². The number of hydrazine groups is 1. The van der Waals surface area contributed by atoms with Crippen molar-refractivity contribution in [3.05, 3.63) is 58.1 Å². The minimum atomic E-state index is -0.822. The van der Waals surface area contributed by atoms with Crippen molar-refractivity contribution in [2.24, 2.45) is 5.92 Å². The van der Waals surface area contributed by atoms with E-state index in [1.807, 2.05) is 0 Å². The predicted octanol–water partition coefficient (Wildman–Crippen LogP) is 2.68. The van der Waals surface area contributed by atoms with E-state index in [0.717, 1.165) is 5.01 Å². The van der Waals surface area contributed by atoms with Crippen LogP contribution in [0.25, 0.3) is 0 Å².